The third-order valence-electron chi connectivity index (χ3n) is 3.15. The van der Waals surface area contributed by atoms with Crippen molar-refractivity contribution in [2.24, 2.45) is 0 Å². The Morgan fingerprint density at radius 2 is 2.20 bits per heavy atom. The van der Waals surface area contributed by atoms with E-state index in [1.165, 1.54) is 0 Å². The monoisotopic (exact) mass is 204 g/mol. The van der Waals surface area contributed by atoms with Crippen LogP contribution in [0.1, 0.15) is 29.4 Å². The molecule has 1 fully saturated rings. The van der Waals surface area contributed by atoms with E-state index in [2.05, 4.69) is 23.1 Å². The van der Waals surface area contributed by atoms with Gasteiger partial charge in [-0.15, -0.1) is 0 Å². The van der Waals surface area contributed by atoms with Crippen LogP contribution in [0.4, 0.5) is 0 Å². The van der Waals surface area contributed by atoms with Crippen molar-refractivity contribution in [2.75, 3.05) is 20.1 Å². The van der Waals surface area contributed by atoms with Gasteiger partial charge in [-0.25, -0.2) is 0 Å². The molecule has 0 radical (unpaired) electrons. The zero-order chi connectivity index (χ0) is 11.0. The van der Waals surface area contributed by atoms with E-state index in [4.69, 9.17) is 5.26 Å². The van der Waals surface area contributed by atoms with Crippen LogP contribution in [0.15, 0.2) is 0 Å². The molecule has 4 nitrogen and oxygen atoms in total. The lowest BCUT2D eigenvalue weighted by molar-refractivity contribution is 0.379. The van der Waals surface area contributed by atoms with Gasteiger partial charge in [0.2, 0.25) is 0 Å². The van der Waals surface area contributed by atoms with Gasteiger partial charge in [0.25, 0.3) is 0 Å². The minimum Gasteiger partial charge on any atom is -0.304 e. The van der Waals surface area contributed by atoms with Gasteiger partial charge in [-0.2, -0.15) is 10.4 Å². The largest absolute Gasteiger partial charge is 0.304 e. The Kier molecular flexibility index (Phi) is 2.49. The summed E-state index contributed by atoms with van der Waals surface area (Å²) in [6.07, 6.45) is 1.13. The average Bonchev–Trinajstić information content (AvgIpc) is 2.71. The molecule has 2 rings (SSSR count). The number of rotatable bonds is 1. The van der Waals surface area contributed by atoms with Gasteiger partial charge in [-0.1, -0.05) is 0 Å². The minimum atomic E-state index is 0.441. The first-order valence-electron chi connectivity index (χ1n) is 5.28. The molecule has 0 aliphatic carbocycles. The van der Waals surface area contributed by atoms with Gasteiger partial charge < -0.3 is 4.90 Å². The van der Waals surface area contributed by atoms with E-state index in [9.17, 15) is 0 Å². The first kappa shape index (κ1) is 10.2. The zero-order valence-electron chi connectivity index (χ0n) is 9.49. The van der Waals surface area contributed by atoms with E-state index in [1.54, 1.807) is 0 Å². The molecule has 1 unspecified atom stereocenters. The highest BCUT2D eigenvalue weighted by Crippen LogP contribution is 2.23. The molecule has 0 amide bonds. The summed E-state index contributed by atoms with van der Waals surface area (Å²) in [6.45, 7) is 6.04. The number of aromatic nitrogens is 2. The first-order chi connectivity index (χ1) is 7.13. The maximum Gasteiger partial charge on any atom is 0.103 e. The highest BCUT2D eigenvalue weighted by atomic mass is 15.3. The molecule has 1 aliphatic rings. The molecule has 1 saturated heterocycles. The Morgan fingerprint density at radius 3 is 2.67 bits per heavy atom. The number of likely N-dealkylation sites (N-methyl/N-ethyl adjacent to an activating group) is 1. The standard InChI is InChI=1S/C11H16N4/c1-8-11(6-12)9(2)15(13-8)10-4-5-14(3)7-10/h10H,4-5,7H2,1-3H3. The Bertz CT molecular complexity index is 413. The minimum absolute atomic E-state index is 0.441. The fourth-order valence-corrected chi connectivity index (χ4v) is 2.29. The Morgan fingerprint density at radius 1 is 1.47 bits per heavy atom. The van der Waals surface area contributed by atoms with Crippen molar-refractivity contribution in [1.82, 2.24) is 14.7 Å². The number of likely N-dealkylation sites (tertiary alicyclic amines) is 1. The quantitative estimate of drug-likeness (QED) is 0.691. The second-order valence-corrected chi connectivity index (χ2v) is 4.31. The molecule has 4 heteroatoms. The van der Waals surface area contributed by atoms with E-state index in [-0.39, 0.29) is 0 Å². The smallest absolute Gasteiger partial charge is 0.103 e. The van der Waals surface area contributed by atoms with Gasteiger partial charge in [-0.3, -0.25) is 4.68 Å². The lowest BCUT2D eigenvalue weighted by Gasteiger charge is -2.12. The summed E-state index contributed by atoms with van der Waals surface area (Å²) in [4.78, 5) is 2.30. The summed E-state index contributed by atoms with van der Waals surface area (Å²) < 4.78 is 2.03. The summed E-state index contributed by atoms with van der Waals surface area (Å²) in [6, 6.07) is 2.66. The Labute approximate surface area is 90.1 Å². The van der Waals surface area contributed by atoms with Gasteiger partial charge in [-0.05, 0) is 33.9 Å². The fourth-order valence-electron chi connectivity index (χ4n) is 2.29. The van der Waals surface area contributed by atoms with Crippen LogP contribution in [0.25, 0.3) is 0 Å². The van der Waals surface area contributed by atoms with Crippen molar-refractivity contribution in [3.8, 4) is 6.07 Å². The molecule has 80 valence electrons. The van der Waals surface area contributed by atoms with Crippen molar-refractivity contribution in [3.63, 3.8) is 0 Å². The molecule has 1 aliphatic heterocycles. The highest BCUT2D eigenvalue weighted by molar-refractivity contribution is 5.37. The van der Waals surface area contributed by atoms with E-state index in [1.807, 2.05) is 18.5 Å². The zero-order valence-corrected chi connectivity index (χ0v) is 9.49. The van der Waals surface area contributed by atoms with Crippen molar-refractivity contribution in [3.05, 3.63) is 17.0 Å². The topological polar surface area (TPSA) is 44.9 Å². The molecule has 0 aromatic carbocycles. The molecule has 2 heterocycles. The van der Waals surface area contributed by atoms with Crippen LogP contribution < -0.4 is 0 Å². The van der Waals surface area contributed by atoms with Crippen LogP contribution in [-0.2, 0) is 0 Å². The SMILES string of the molecule is Cc1nn(C2CCN(C)C2)c(C)c1C#N. The normalized spacial score (nSPS) is 21.9. The van der Waals surface area contributed by atoms with Gasteiger partial charge >= 0.3 is 0 Å². The summed E-state index contributed by atoms with van der Waals surface area (Å²) in [5.41, 5.74) is 2.60. The fraction of sp³-hybridized carbons (Fsp3) is 0.636. The number of aryl methyl sites for hydroxylation is 1. The molecule has 15 heavy (non-hydrogen) atoms. The number of nitriles is 1. The third-order valence-corrected chi connectivity index (χ3v) is 3.15. The summed E-state index contributed by atoms with van der Waals surface area (Å²) in [5, 5.41) is 13.5. The molecule has 1 atom stereocenters. The van der Waals surface area contributed by atoms with Crippen molar-refractivity contribution in [1.29, 1.82) is 5.26 Å². The maximum atomic E-state index is 8.99. The van der Waals surface area contributed by atoms with Crippen LogP contribution in [0, 0.1) is 25.2 Å². The summed E-state index contributed by atoms with van der Waals surface area (Å²) in [5.74, 6) is 0. The molecule has 0 spiro atoms. The summed E-state index contributed by atoms with van der Waals surface area (Å²) in [7, 11) is 2.12. The lowest BCUT2D eigenvalue weighted by Crippen LogP contribution is -2.18. The first-order valence-corrected chi connectivity index (χ1v) is 5.28. The predicted molar refractivity (Wildman–Crippen MR) is 57.6 cm³/mol. The van der Waals surface area contributed by atoms with Crippen LogP contribution in [0.5, 0.6) is 0 Å². The van der Waals surface area contributed by atoms with Gasteiger partial charge in [0, 0.05) is 6.54 Å². The van der Waals surface area contributed by atoms with Crippen molar-refractivity contribution < 1.29 is 0 Å². The lowest BCUT2D eigenvalue weighted by atomic mass is 10.2. The maximum absolute atomic E-state index is 8.99. The van der Waals surface area contributed by atoms with Gasteiger partial charge in [0.1, 0.15) is 6.07 Å². The Hall–Kier alpha value is -1.34. The predicted octanol–water partition coefficient (Wildman–Crippen LogP) is 1.25. The van der Waals surface area contributed by atoms with Crippen LogP contribution >= 0.6 is 0 Å². The van der Waals surface area contributed by atoms with E-state index in [0.29, 0.717) is 6.04 Å². The number of hydrogen-bond donors (Lipinski definition) is 0. The van der Waals surface area contributed by atoms with Gasteiger partial charge in [0.15, 0.2) is 0 Å². The number of hydrogen-bond acceptors (Lipinski definition) is 3. The van der Waals surface area contributed by atoms with Crippen molar-refractivity contribution in [2.45, 2.75) is 26.3 Å². The van der Waals surface area contributed by atoms with E-state index >= 15 is 0 Å². The average molecular weight is 204 g/mol. The second-order valence-electron chi connectivity index (χ2n) is 4.31. The molecular formula is C11H16N4. The molecule has 0 bridgehead atoms. The highest BCUT2D eigenvalue weighted by Gasteiger charge is 2.24. The Balaban J connectivity index is 2.34. The van der Waals surface area contributed by atoms with E-state index in [0.717, 1.165) is 36.5 Å². The van der Waals surface area contributed by atoms with Crippen LogP contribution in [0.3, 0.4) is 0 Å². The molecule has 1 aromatic rings. The van der Waals surface area contributed by atoms with Crippen LogP contribution in [0.2, 0.25) is 0 Å². The second kappa shape index (κ2) is 3.67. The van der Waals surface area contributed by atoms with Crippen LogP contribution in [-0.4, -0.2) is 34.8 Å². The molecule has 1 aromatic heterocycles. The molecule has 0 N–H and O–H groups in total. The van der Waals surface area contributed by atoms with E-state index < -0.39 is 0 Å². The van der Waals surface area contributed by atoms with Gasteiger partial charge in [0.05, 0.1) is 23.0 Å². The number of nitrogens with zero attached hydrogens (tertiary/aromatic N) is 4. The molecular weight excluding hydrogens is 188 g/mol. The summed E-state index contributed by atoms with van der Waals surface area (Å²) >= 11 is 0. The van der Waals surface area contributed by atoms with Crippen molar-refractivity contribution >= 4 is 0 Å². The molecule has 0 saturated carbocycles. The third kappa shape index (κ3) is 1.64.